The zero-order valence-electron chi connectivity index (χ0n) is 10.4. The van der Waals surface area contributed by atoms with Crippen molar-refractivity contribution in [1.29, 1.82) is 0 Å². The first-order valence-corrected chi connectivity index (χ1v) is 6.22. The molecule has 0 bridgehead atoms. The van der Waals surface area contributed by atoms with Crippen LogP contribution in [0.2, 0.25) is 0 Å². The highest BCUT2D eigenvalue weighted by molar-refractivity contribution is 6.12. The second-order valence-electron chi connectivity index (χ2n) is 4.61. The van der Waals surface area contributed by atoms with Crippen molar-refractivity contribution in [3.05, 3.63) is 71.3 Å². The molecular weight excluding hydrogens is 218 g/mol. The number of aliphatic imine (C=N–C) groups is 1. The highest BCUT2D eigenvalue weighted by atomic mass is 14.7. The van der Waals surface area contributed by atoms with E-state index < -0.39 is 0 Å². The summed E-state index contributed by atoms with van der Waals surface area (Å²) in [5.74, 6) is 0. The van der Waals surface area contributed by atoms with Crippen molar-refractivity contribution in [1.82, 2.24) is 0 Å². The lowest BCUT2D eigenvalue weighted by atomic mass is 10.1. The van der Waals surface area contributed by atoms with Crippen molar-refractivity contribution in [2.45, 2.75) is 13.3 Å². The van der Waals surface area contributed by atoms with Crippen molar-refractivity contribution in [3.8, 4) is 0 Å². The molecular formula is C17H15N. The number of benzene rings is 2. The maximum Gasteiger partial charge on any atom is 0.0630 e. The third-order valence-electron chi connectivity index (χ3n) is 3.26. The summed E-state index contributed by atoms with van der Waals surface area (Å²) in [7, 11) is 0. The molecule has 3 rings (SSSR count). The van der Waals surface area contributed by atoms with E-state index in [0.717, 1.165) is 12.1 Å². The summed E-state index contributed by atoms with van der Waals surface area (Å²) in [6.45, 7) is 2.09. The van der Waals surface area contributed by atoms with Gasteiger partial charge in [-0.15, -0.1) is 0 Å². The van der Waals surface area contributed by atoms with Crippen LogP contribution in [0.25, 0.3) is 5.57 Å². The standard InChI is InChI=1S/C17H15N/c1-13-6-10-16(11-7-13)18-12-15-9-8-14-4-2-3-5-17(14)15/h2-7,9-12H,8H2,1H3. The van der Waals surface area contributed by atoms with E-state index in [1.165, 1.54) is 22.3 Å². The van der Waals surface area contributed by atoms with E-state index in [0.29, 0.717) is 0 Å². The van der Waals surface area contributed by atoms with Crippen LogP contribution in [0.15, 0.2) is 59.6 Å². The summed E-state index contributed by atoms with van der Waals surface area (Å²) >= 11 is 0. The van der Waals surface area contributed by atoms with E-state index in [1.54, 1.807) is 0 Å². The Hall–Kier alpha value is -2.15. The topological polar surface area (TPSA) is 12.4 Å². The SMILES string of the molecule is Cc1ccc(N=CC2=CCc3ccccc32)cc1. The fourth-order valence-electron chi connectivity index (χ4n) is 2.21. The summed E-state index contributed by atoms with van der Waals surface area (Å²) < 4.78 is 0. The number of fused-ring (bicyclic) bond motifs is 1. The third-order valence-corrected chi connectivity index (χ3v) is 3.26. The Labute approximate surface area is 108 Å². The van der Waals surface area contributed by atoms with E-state index in [9.17, 15) is 0 Å². The van der Waals surface area contributed by atoms with Gasteiger partial charge in [-0.1, -0.05) is 48.0 Å². The largest absolute Gasteiger partial charge is 0.256 e. The van der Waals surface area contributed by atoms with Crippen LogP contribution >= 0.6 is 0 Å². The first-order valence-electron chi connectivity index (χ1n) is 6.22. The summed E-state index contributed by atoms with van der Waals surface area (Å²) in [5.41, 5.74) is 6.20. The lowest BCUT2D eigenvalue weighted by Gasteiger charge is -2.00. The third kappa shape index (κ3) is 2.12. The van der Waals surface area contributed by atoms with Gasteiger partial charge in [-0.05, 0) is 42.2 Å². The van der Waals surface area contributed by atoms with E-state index in [1.807, 2.05) is 18.3 Å². The number of aryl methyl sites for hydroxylation is 1. The molecule has 0 aromatic heterocycles. The predicted octanol–water partition coefficient (Wildman–Crippen LogP) is 4.34. The maximum absolute atomic E-state index is 4.53. The van der Waals surface area contributed by atoms with Crippen LogP contribution in [-0.2, 0) is 6.42 Å². The van der Waals surface area contributed by atoms with Crippen LogP contribution in [0.3, 0.4) is 0 Å². The molecule has 1 aliphatic rings. The molecule has 18 heavy (non-hydrogen) atoms. The summed E-state index contributed by atoms with van der Waals surface area (Å²) in [5, 5.41) is 0. The minimum absolute atomic E-state index is 1.01. The van der Waals surface area contributed by atoms with Gasteiger partial charge in [0, 0.05) is 6.21 Å². The number of allylic oxidation sites excluding steroid dienone is 2. The fraction of sp³-hybridized carbons (Fsp3) is 0.118. The van der Waals surface area contributed by atoms with Crippen LogP contribution in [0, 0.1) is 6.92 Å². The van der Waals surface area contributed by atoms with Gasteiger partial charge < -0.3 is 0 Å². The first kappa shape index (κ1) is 11.0. The average Bonchev–Trinajstić information content (AvgIpc) is 2.82. The smallest absolute Gasteiger partial charge is 0.0630 e. The molecule has 88 valence electrons. The molecule has 0 spiro atoms. The monoisotopic (exact) mass is 233 g/mol. The highest BCUT2D eigenvalue weighted by Gasteiger charge is 2.10. The molecule has 0 saturated carbocycles. The summed E-state index contributed by atoms with van der Waals surface area (Å²) in [6.07, 6.45) is 5.23. The molecule has 0 fully saturated rings. The van der Waals surface area contributed by atoms with Gasteiger partial charge in [0.15, 0.2) is 0 Å². The van der Waals surface area contributed by atoms with Gasteiger partial charge in [0.25, 0.3) is 0 Å². The molecule has 0 atom stereocenters. The predicted molar refractivity (Wildman–Crippen MR) is 77.5 cm³/mol. The number of hydrogen-bond donors (Lipinski definition) is 0. The first-order chi connectivity index (χ1) is 8.83. The Bertz CT molecular complexity index is 618. The molecule has 1 heteroatoms. The second kappa shape index (κ2) is 4.61. The zero-order valence-corrected chi connectivity index (χ0v) is 10.4. The number of rotatable bonds is 2. The van der Waals surface area contributed by atoms with Crippen molar-refractivity contribution in [3.63, 3.8) is 0 Å². The maximum atomic E-state index is 4.53. The Balaban J connectivity index is 1.84. The zero-order chi connectivity index (χ0) is 12.4. The minimum atomic E-state index is 1.01. The van der Waals surface area contributed by atoms with Gasteiger partial charge in [-0.3, -0.25) is 4.99 Å². The minimum Gasteiger partial charge on any atom is -0.256 e. The molecule has 0 saturated heterocycles. The van der Waals surface area contributed by atoms with Crippen molar-refractivity contribution in [2.24, 2.45) is 4.99 Å². The molecule has 1 aliphatic carbocycles. The van der Waals surface area contributed by atoms with Crippen molar-refractivity contribution in [2.75, 3.05) is 0 Å². The molecule has 2 aromatic carbocycles. The normalized spacial score (nSPS) is 13.7. The van der Waals surface area contributed by atoms with Gasteiger partial charge in [0.1, 0.15) is 0 Å². The summed E-state index contributed by atoms with van der Waals surface area (Å²) in [4.78, 5) is 4.53. The Morgan fingerprint density at radius 1 is 1.00 bits per heavy atom. The molecule has 0 radical (unpaired) electrons. The lowest BCUT2D eigenvalue weighted by molar-refractivity contribution is 1.31. The number of nitrogens with zero attached hydrogens (tertiary/aromatic N) is 1. The molecule has 0 unspecified atom stereocenters. The fourth-order valence-corrected chi connectivity index (χ4v) is 2.21. The summed E-state index contributed by atoms with van der Waals surface area (Å²) in [6, 6.07) is 16.8. The number of hydrogen-bond acceptors (Lipinski definition) is 1. The molecule has 0 heterocycles. The van der Waals surface area contributed by atoms with Gasteiger partial charge in [0.05, 0.1) is 5.69 Å². The molecule has 2 aromatic rings. The average molecular weight is 233 g/mol. The van der Waals surface area contributed by atoms with Gasteiger partial charge >= 0.3 is 0 Å². The molecule has 0 aliphatic heterocycles. The van der Waals surface area contributed by atoms with Crippen LogP contribution in [0.1, 0.15) is 16.7 Å². The quantitative estimate of drug-likeness (QED) is 0.684. The van der Waals surface area contributed by atoms with Crippen LogP contribution in [0.4, 0.5) is 5.69 Å². The van der Waals surface area contributed by atoms with Gasteiger partial charge in [-0.25, -0.2) is 0 Å². The van der Waals surface area contributed by atoms with Crippen molar-refractivity contribution < 1.29 is 0 Å². The van der Waals surface area contributed by atoms with Gasteiger partial charge in [0.2, 0.25) is 0 Å². The van der Waals surface area contributed by atoms with E-state index in [4.69, 9.17) is 0 Å². The molecule has 1 nitrogen and oxygen atoms in total. The Morgan fingerprint density at radius 3 is 2.61 bits per heavy atom. The Kier molecular flexibility index (Phi) is 2.81. The van der Waals surface area contributed by atoms with Crippen LogP contribution < -0.4 is 0 Å². The van der Waals surface area contributed by atoms with Gasteiger partial charge in [-0.2, -0.15) is 0 Å². The van der Waals surface area contributed by atoms with Crippen LogP contribution in [0.5, 0.6) is 0 Å². The Morgan fingerprint density at radius 2 is 1.78 bits per heavy atom. The van der Waals surface area contributed by atoms with Crippen LogP contribution in [-0.4, -0.2) is 6.21 Å². The van der Waals surface area contributed by atoms with Crippen molar-refractivity contribution >= 4 is 17.5 Å². The second-order valence-corrected chi connectivity index (χ2v) is 4.61. The highest BCUT2D eigenvalue weighted by Crippen LogP contribution is 2.26. The molecule has 0 N–H and O–H groups in total. The lowest BCUT2D eigenvalue weighted by Crippen LogP contribution is -1.84. The van der Waals surface area contributed by atoms with E-state index >= 15 is 0 Å². The van der Waals surface area contributed by atoms with E-state index in [-0.39, 0.29) is 0 Å². The molecule has 0 amide bonds. The van der Waals surface area contributed by atoms with E-state index in [2.05, 4.69) is 54.4 Å².